The molecule has 0 atom stereocenters. The van der Waals surface area contributed by atoms with E-state index in [0.29, 0.717) is 29.2 Å². The van der Waals surface area contributed by atoms with Gasteiger partial charge in [0.2, 0.25) is 11.7 Å². The summed E-state index contributed by atoms with van der Waals surface area (Å²) >= 11 is 5.99. The number of aliphatic imine (C=N–C) groups is 1. The maximum atomic E-state index is 5.99. The highest BCUT2D eigenvalue weighted by atomic mass is 127. The van der Waals surface area contributed by atoms with Crippen LogP contribution in [0.2, 0.25) is 5.02 Å². The Hall–Kier alpha value is -1.35. The third kappa shape index (κ3) is 7.60. The van der Waals surface area contributed by atoms with Gasteiger partial charge in [-0.25, -0.2) is 4.99 Å². The van der Waals surface area contributed by atoms with E-state index >= 15 is 0 Å². The average molecular weight is 478 g/mol. The molecule has 0 bridgehead atoms. The molecule has 0 fully saturated rings. The highest BCUT2D eigenvalue weighted by molar-refractivity contribution is 14.0. The molecule has 0 spiro atoms. The maximum absolute atomic E-state index is 5.99. The van der Waals surface area contributed by atoms with Crippen LogP contribution in [0.3, 0.4) is 0 Å². The summed E-state index contributed by atoms with van der Waals surface area (Å²) < 4.78 is 5.26. The summed E-state index contributed by atoms with van der Waals surface area (Å²) in [4.78, 5) is 8.84. The van der Waals surface area contributed by atoms with Crippen molar-refractivity contribution in [3.8, 4) is 11.4 Å². The lowest BCUT2D eigenvalue weighted by Crippen LogP contribution is -2.38. The molecule has 2 aromatic rings. The van der Waals surface area contributed by atoms with Gasteiger partial charge in [0.05, 0.1) is 0 Å². The van der Waals surface area contributed by atoms with E-state index in [1.165, 1.54) is 0 Å². The number of nitrogens with one attached hydrogen (secondary N) is 2. The van der Waals surface area contributed by atoms with E-state index in [9.17, 15) is 0 Å². The molecule has 0 aliphatic heterocycles. The molecule has 0 saturated heterocycles. The summed E-state index contributed by atoms with van der Waals surface area (Å²) in [6.45, 7) is 8.42. The zero-order valence-electron chi connectivity index (χ0n) is 14.8. The average Bonchev–Trinajstić information content (AvgIpc) is 3.01. The summed E-state index contributed by atoms with van der Waals surface area (Å²) in [7, 11) is 0. The molecule has 0 unspecified atom stereocenters. The van der Waals surface area contributed by atoms with Gasteiger partial charge in [-0.2, -0.15) is 4.98 Å². The van der Waals surface area contributed by atoms with Crippen molar-refractivity contribution in [3.63, 3.8) is 0 Å². The SMILES string of the molecule is CCNC(=NCc1nc(-c2cccc(Cl)c2)no1)NCCC(C)C.I. The van der Waals surface area contributed by atoms with Crippen molar-refractivity contribution in [1.82, 2.24) is 20.8 Å². The predicted octanol–water partition coefficient (Wildman–Crippen LogP) is 4.11. The van der Waals surface area contributed by atoms with Crippen LogP contribution in [-0.4, -0.2) is 29.2 Å². The zero-order valence-corrected chi connectivity index (χ0v) is 17.8. The molecular formula is C17H25ClIN5O. The first-order valence-electron chi connectivity index (χ1n) is 8.19. The lowest BCUT2D eigenvalue weighted by Gasteiger charge is -2.11. The molecule has 0 saturated carbocycles. The summed E-state index contributed by atoms with van der Waals surface area (Å²) in [5, 5.41) is 11.1. The minimum absolute atomic E-state index is 0. The number of benzene rings is 1. The van der Waals surface area contributed by atoms with Crippen LogP contribution in [-0.2, 0) is 6.54 Å². The lowest BCUT2D eigenvalue weighted by molar-refractivity contribution is 0.380. The number of halogens is 2. The largest absolute Gasteiger partial charge is 0.357 e. The normalized spacial score (nSPS) is 11.3. The van der Waals surface area contributed by atoms with Crippen LogP contribution in [0, 0.1) is 5.92 Å². The van der Waals surface area contributed by atoms with Crippen LogP contribution in [0.1, 0.15) is 33.1 Å². The monoisotopic (exact) mass is 477 g/mol. The Morgan fingerprint density at radius 3 is 2.80 bits per heavy atom. The Labute approximate surface area is 170 Å². The third-order valence-electron chi connectivity index (χ3n) is 3.28. The Morgan fingerprint density at radius 1 is 1.32 bits per heavy atom. The minimum Gasteiger partial charge on any atom is -0.357 e. The molecule has 0 amide bonds. The second-order valence-electron chi connectivity index (χ2n) is 5.83. The van der Waals surface area contributed by atoms with Gasteiger partial charge >= 0.3 is 0 Å². The van der Waals surface area contributed by atoms with Gasteiger partial charge in [-0.3, -0.25) is 0 Å². The van der Waals surface area contributed by atoms with Crippen LogP contribution in [0.15, 0.2) is 33.8 Å². The van der Waals surface area contributed by atoms with E-state index in [4.69, 9.17) is 16.1 Å². The molecule has 1 aromatic heterocycles. The molecule has 0 aliphatic rings. The molecule has 0 aliphatic carbocycles. The molecule has 8 heteroatoms. The Morgan fingerprint density at radius 2 is 2.12 bits per heavy atom. The Bertz CT molecular complexity index is 675. The van der Waals surface area contributed by atoms with Crippen LogP contribution in [0.5, 0.6) is 0 Å². The van der Waals surface area contributed by atoms with E-state index < -0.39 is 0 Å². The molecule has 138 valence electrons. The summed E-state index contributed by atoms with van der Waals surface area (Å²) in [5.74, 6) is 2.38. The summed E-state index contributed by atoms with van der Waals surface area (Å²) in [6.07, 6.45) is 1.09. The van der Waals surface area contributed by atoms with Gasteiger partial charge in [0.25, 0.3) is 0 Å². The molecule has 1 aromatic carbocycles. The van der Waals surface area contributed by atoms with Gasteiger partial charge in [0.1, 0.15) is 6.54 Å². The van der Waals surface area contributed by atoms with E-state index in [-0.39, 0.29) is 24.0 Å². The van der Waals surface area contributed by atoms with Crippen LogP contribution >= 0.6 is 35.6 Å². The molecule has 0 radical (unpaired) electrons. The first-order valence-corrected chi connectivity index (χ1v) is 8.57. The smallest absolute Gasteiger partial charge is 0.248 e. The first kappa shape index (κ1) is 21.7. The van der Waals surface area contributed by atoms with Crippen molar-refractivity contribution in [2.45, 2.75) is 33.7 Å². The summed E-state index contributed by atoms with van der Waals surface area (Å²) in [5.41, 5.74) is 0.823. The van der Waals surface area contributed by atoms with Crippen molar-refractivity contribution in [2.75, 3.05) is 13.1 Å². The van der Waals surface area contributed by atoms with Gasteiger partial charge in [0, 0.05) is 23.7 Å². The first-order chi connectivity index (χ1) is 11.6. The van der Waals surface area contributed by atoms with E-state index in [2.05, 4.69) is 39.6 Å². The third-order valence-corrected chi connectivity index (χ3v) is 3.52. The van der Waals surface area contributed by atoms with Crippen molar-refractivity contribution < 1.29 is 4.52 Å². The standard InChI is InChI=1S/C17H24ClN5O.HI/c1-4-19-17(20-9-8-12(2)3)21-11-15-22-16(23-24-15)13-6-5-7-14(18)10-13;/h5-7,10,12H,4,8-9,11H2,1-3H3,(H2,19,20,21);1H. The van der Waals surface area contributed by atoms with Gasteiger partial charge in [-0.1, -0.05) is 42.7 Å². The van der Waals surface area contributed by atoms with Crippen molar-refractivity contribution in [2.24, 2.45) is 10.9 Å². The zero-order chi connectivity index (χ0) is 17.4. The second-order valence-corrected chi connectivity index (χ2v) is 6.26. The predicted molar refractivity (Wildman–Crippen MR) is 112 cm³/mol. The maximum Gasteiger partial charge on any atom is 0.248 e. The fraction of sp³-hybridized carbons (Fsp3) is 0.471. The number of guanidine groups is 1. The molecule has 2 rings (SSSR count). The summed E-state index contributed by atoms with van der Waals surface area (Å²) in [6, 6.07) is 7.36. The lowest BCUT2D eigenvalue weighted by atomic mass is 10.1. The van der Waals surface area contributed by atoms with Crippen LogP contribution < -0.4 is 10.6 Å². The Kier molecular flexibility index (Phi) is 9.81. The van der Waals surface area contributed by atoms with E-state index in [1.54, 1.807) is 6.07 Å². The fourth-order valence-corrected chi connectivity index (χ4v) is 2.22. The number of hydrogen-bond donors (Lipinski definition) is 2. The molecule has 2 N–H and O–H groups in total. The molecular weight excluding hydrogens is 453 g/mol. The van der Waals surface area contributed by atoms with Crippen molar-refractivity contribution >= 4 is 41.5 Å². The number of rotatable bonds is 7. The van der Waals surface area contributed by atoms with E-state index in [0.717, 1.165) is 31.0 Å². The molecule has 6 nitrogen and oxygen atoms in total. The van der Waals surface area contributed by atoms with Gasteiger partial charge in [-0.15, -0.1) is 24.0 Å². The number of hydrogen-bond acceptors (Lipinski definition) is 4. The van der Waals surface area contributed by atoms with Crippen molar-refractivity contribution in [3.05, 3.63) is 35.2 Å². The highest BCUT2D eigenvalue weighted by Gasteiger charge is 2.09. The topological polar surface area (TPSA) is 75.3 Å². The van der Waals surface area contributed by atoms with Gasteiger partial charge in [-0.05, 0) is 31.4 Å². The van der Waals surface area contributed by atoms with Crippen LogP contribution in [0.25, 0.3) is 11.4 Å². The van der Waals surface area contributed by atoms with Gasteiger partial charge < -0.3 is 15.2 Å². The number of nitrogens with zero attached hydrogens (tertiary/aromatic N) is 3. The van der Waals surface area contributed by atoms with Gasteiger partial charge in [0.15, 0.2) is 5.96 Å². The number of aromatic nitrogens is 2. The highest BCUT2D eigenvalue weighted by Crippen LogP contribution is 2.19. The second kappa shape index (κ2) is 11.3. The quantitative estimate of drug-likeness (QED) is 0.357. The Balaban J connectivity index is 0.00000312. The van der Waals surface area contributed by atoms with Crippen molar-refractivity contribution in [1.29, 1.82) is 0 Å². The molecule has 25 heavy (non-hydrogen) atoms. The van der Waals surface area contributed by atoms with Crippen LogP contribution in [0.4, 0.5) is 0 Å². The van der Waals surface area contributed by atoms with E-state index in [1.807, 2.05) is 25.1 Å². The fourth-order valence-electron chi connectivity index (χ4n) is 2.03. The minimum atomic E-state index is 0. The molecule has 1 heterocycles.